The first-order valence-corrected chi connectivity index (χ1v) is 5.54. The van der Waals surface area contributed by atoms with Crippen LogP contribution in [0.25, 0.3) is 17.0 Å². The van der Waals surface area contributed by atoms with Crippen molar-refractivity contribution < 1.29 is 61.8 Å². The molecule has 8 heteroatoms. The van der Waals surface area contributed by atoms with Crippen molar-refractivity contribution in [2.45, 2.75) is 12.3 Å². The van der Waals surface area contributed by atoms with E-state index in [2.05, 4.69) is 0 Å². The summed E-state index contributed by atoms with van der Waals surface area (Å²) in [5.74, 6) is -1.97. The molecule has 104 valence electrons. The van der Waals surface area contributed by atoms with E-state index in [1.165, 1.54) is 18.4 Å². The number of fused-ring (bicyclic) bond motifs is 2. The van der Waals surface area contributed by atoms with Crippen molar-refractivity contribution >= 4 is 23.0 Å². The largest absolute Gasteiger partial charge is 1.00 e. The second-order valence-corrected chi connectivity index (χ2v) is 4.28. The Morgan fingerprint density at radius 3 is 2.62 bits per heavy atom. The minimum Gasteiger partial charge on any atom is -0.545 e. The molecule has 1 unspecified atom stereocenters. The third-order valence-electron chi connectivity index (χ3n) is 2.96. The maximum atomic E-state index is 12.8. The van der Waals surface area contributed by atoms with Crippen LogP contribution >= 0.6 is 0 Å². The monoisotopic (exact) mass is 306 g/mol. The van der Waals surface area contributed by atoms with Gasteiger partial charge in [-0.3, -0.25) is 0 Å². The van der Waals surface area contributed by atoms with Gasteiger partial charge < -0.3 is 19.1 Å². The molecule has 2 aromatic rings. The van der Waals surface area contributed by atoms with Gasteiger partial charge in [0.25, 0.3) is 0 Å². The zero-order valence-corrected chi connectivity index (χ0v) is 12.7. The van der Waals surface area contributed by atoms with Gasteiger partial charge in [0.15, 0.2) is 0 Å². The molecule has 0 amide bonds. The third-order valence-corrected chi connectivity index (χ3v) is 2.96. The van der Waals surface area contributed by atoms with Crippen molar-refractivity contribution in [3.05, 3.63) is 35.6 Å². The van der Waals surface area contributed by atoms with Gasteiger partial charge in [-0.1, -0.05) is 0 Å². The predicted octanol–water partition coefficient (Wildman–Crippen LogP) is -1.11. The summed E-state index contributed by atoms with van der Waals surface area (Å²) in [5, 5.41) is 11.4. The molecule has 0 saturated heterocycles. The Balaban J connectivity index is 0.00000161. The molecular weight excluding hydrogens is 300 g/mol. The summed E-state index contributed by atoms with van der Waals surface area (Å²) in [4.78, 5) is 10.9. The van der Waals surface area contributed by atoms with Crippen LogP contribution in [0.1, 0.15) is 5.56 Å². The Labute approximate surface area is 138 Å². The molecule has 1 aromatic heterocycles. The van der Waals surface area contributed by atoms with Crippen molar-refractivity contribution in [1.29, 1.82) is 0 Å². The van der Waals surface area contributed by atoms with Crippen LogP contribution in [0.15, 0.2) is 34.5 Å². The molecule has 1 aliphatic rings. The van der Waals surface area contributed by atoms with Gasteiger partial charge in [-0.15, -0.1) is 0 Å². The van der Waals surface area contributed by atoms with Gasteiger partial charge in [-0.2, -0.15) is 13.2 Å². The van der Waals surface area contributed by atoms with Gasteiger partial charge in [-0.25, -0.2) is 0 Å². The first kappa shape index (κ1) is 15.9. The molecule has 0 fully saturated rings. The molecule has 0 aliphatic carbocycles. The smallest absolute Gasteiger partial charge is 0.545 e. The van der Waals surface area contributed by atoms with Crippen molar-refractivity contribution in [2.24, 2.45) is 0 Å². The van der Waals surface area contributed by atoms with Crippen LogP contribution in [0.4, 0.5) is 13.2 Å². The van der Waals surface area contributed by atoms with E-state index in [9.17, 15) is 23.1 Å². The molecule has 4 nitrogen and oxygen atoms in total. The van der Waals surface area contributed by atoms with Crippen LogP contribution in [-0.4, -0.2) is 18.2 Å². The van der Waals surface area contributed by atoms with E-state index in [4.69, 9.17) is 9.15 Å². The summed E-state index contributed by atoms with van der Waals surface area (Å²) in [6.07, 6.45) is -5.10. The van der Waals surface area contributed by atoms with Crippen molar-refractivity contribution in [3.8, 4) is 5.75 Å². The topological polar surface area (TPSA) is 62.5 Å². The van der Waals surface area contributed by atoms with Crippen molar-refractivity contribution in [1.82, 2.24) is 0 Å². The number of alkyl halides is 3. The summed E-state index contributed by atoms with van der Waals surface area (Å²) in [6, 6.07) is 4.36. The number of carbonyl (C=O) groups is 1. The van der Waals surface area contributed by atoms with Crippen molar-refractivity contribution in [3.63, 3.8) is 0 Å². The third kappa shape index (κ3) is 2.81. The van der Waals surface area contributed by atoms with Crippen LogP contribution in [-0.2, 0) is 4.79 Å². The van der Waals surface area contributed by atoms with Gasteiger partial charge >= 0.3 is 35.7 Å². The predicted molar refractivity (Wildman–Crippen MR) is 59.7 cm³/mol. The number of halogens is 3. The maximum absolute atomic E-state index is 12.8. The number of hydrogen-bond acceptors (Lipinski definition) is 4. The molecular formula is C13H6F3NaO4. The number of ether oxygens (including phenoxy) is 1. The Hall–Kier alpha value is -1.44. The van der Waals surface area contributed by atoms with E-state index in [1.807, 2.05) is 0 Å². The molecule has 0 saturated carbocycles. The molecule has 0 bridgehead atoms. The fourth-order valence-electron chi connectivity index (χ4n) is 2.06. The normalized spacial score (nSPS) is 17.5. The summed E-state index contributed by atoms with van der Waals surface area (Å²) in [6.45, 7) is 0. The van der Waals surface area contributed by atoms with Crippen LogP contribution in [0.3, 0.4) is 0 Å². The molecule has 3 rings (SSSR count). The standard InChI is InChI=1S/C13H7F3O4.Na/c14-13(15,16)11-8(12(17)18)3-7-5-9-6(1-2-19-9)4-10(7)20-11;/h1-5,11H,(H,17,18);/q;+1/p-1. The van der Waals surface area contributed by atoms with Gasteiger partial charge in [0.1, 0.15) is 11.3 Å². The number of benzene rings is 1. The van der Waals surface area contributed by atoms with E-state index in [0.717, 1.165) is 6.08 Å². The van der Waals surface area contributed by atoms with Crippen LogP contribution in [0, 0.1) is 0 Å². The number of hydrogen-bond donors (Lipinski definition) is 0. The zero-order chi connectivity index (χ0) is 14.5. The van der Waals surface area contributed by atoms with E-state index < -0.39 is 23.8 Å². The Kier molecular flexibility index (Phi) is 4.10. The van der Waals surface area contributed by atoms with Crippen LogP contribution in [0.2, 0.25) is 0 Å². The average Bonchev–Trinajstić information content (AvgIpc) is 2.80. The van der Waals surface area contributed by atoms with Crippen LogP contribution < -0.4 is 39.4 Å². The average molecular weight is 306 g/mol. The first-order chi connectivity index (χ1) is 9.36. The molecule has 1 aliphatic heterocycles. The Morgan fingerprint density at radius 1 is 1.29 bits per heavy atom. The number of furan rings is 1. The van der Waals surface area contributed by atoms with Gasteiger partial charge in [0, 0.05) is 16.5 Å². The SMILES string of the molecule is O=C([O-])C1=Cc2cc3occc3cc2OC1C(F)(F)F.[Na+]. The number of carboxylic acids is 1. The minimum absolute atomic E-state index is 0. The minimum atomic E-state index is -4.84. The molecule has 21 heavy (non-hydrogen) atoms. The van der Waals surface area contributed by atoms with Gasteiger partial charge in [0.05, 0.1) is 12.2 Å². The maximum Gasteiger partial charge on any atom is 1.00 e. The Bertz CT molecular complexity index is 733. The fourth-order valence-corrected chi connectivity index (χ4v) is 2.06. The second-order valence-electron chi connectivity index (χ2n) is 4.28. The first-order valence-electron chi connectivity index (χ1n) is 5.54. The van der Waals surface area contributed by atoms with E-state index in [-0.39, 0.29) is 40.9 Å². The number of carboxylic acid groups (broad SMARTS) is 1. The van der Waals surface area contributed by atoms with E-state index in [0.29, 0.717) is 11.0 Å². The quantitative estimate of drug-likeness (QED) is 0.627. The van der Waals surface area contributed by atoms with Gasteiger partial charge in [-0.05, 0) is 24.3 Å². The molecule has 2 heterocycles. The second kappa shape index (κ2) is 5.40. The number of carbonyl (C=O) groups excluding carboxylic acids is 1. The molecule has 0 N–H and O–H groups in total. The summed E-state index contributed by atoms with van der Waals surface area (Å²) in [7, 11) is 0. The van der Waals surface area contributed by atoms with E-state index >= 15 is 0 Å². The van der Waals surface area contributed by atoms with E-state index in [1.54, 1.807) is 6.07 Å². The van der Waals surface area contributed by atoms with Crippen molar-refractivity contribution in [2.75, 3.05) is 0 Å². The molecule has 0 spiro atoms. The Morgan fingerprint density at radius 2 is 2.00 bits per heavy atom. The summed E-state index contributed by atoms with van der Waals surface area (Å²) in [5.41, 5.74) is -0.338. The zero-order valence-electron chi connectivity index (χ0n) is 10.7. The summed E-state index contributed by atoms with van der Waals surface area (Å²) < 4.78 is 48.4. The number of rotatable bonds is 1. The fraction of sp³-hybridized carbons (Fsp3) is 0.154. The molecule has 1 atom stereocenters. The van der Waals surface area contributed by atoms with Gasteiger partial charge in [0.2, 0.25) is 6.10 Å². The molecule has 0 radical (unpaired) electrons. The van der Waals surface area contributed by atoms with Crippen LogP contribution in [0.5, 0.6) is 5.75 Å². The molecule has 1 aromatic carbocycles. The summed E-state index contributed by atoms with van der Waals surface area (Å²) >= 11 is 0. The number of aliphatic carboxylic acids is 1.